The van der Waals surface area contributed by atoms with E-state index >= 15 is 0 Å². The second kappa shape index (κ2) is 9.53. The van der Waals surface area contributed by atoms with E-state index < -0.39 is 34.5 Å². The summed E-state index contributed by atoms with van der Waals surface area (Å²) in [6, 6.07) is 6.71. The zero-order valence-corrected chi connectivity index (χ0v) is 14.6. The van der Waals surface area contributed by atoms with Gasteiger partial charge in [0, 0.05) is 7.05 Å². The maximum Gasteiger partial charge on any atom is 0.324 e. The average molecular weight is 360 g/mol. The number of nitrogens with one attached hydrogen (secondary N) is 2. The molecule has 0 aromatic heterocycles. The van der Waals surface area contributed by atoms with Gasteiger partial charge in [-0.15, -0.1) is 0 Å². The number of hydrogen-bond donors (Lipinski definition) is 2. The average Bonchev–Trinajstić information content (AvgIpc) is 2.56. The third-order valence-electron chi connectivity index (χ3n) is 2.87. The fraction of sp³-hybridized carbons (Fsp3) is 0.429. The molecule has 0 bridgehead atoms. The third-order valence-corrected chi connectivity index (χ3v) is 5.00. The van der Waals surface area contributed by atoms with Crippen molar-refractivity contribution in [2.75, 3.05) is 25.7 Å². The minimum absolute atomic E-state index is 0.0632. The summed E-state index contributed by atoms with van der Waals surface area (Å²) in [6.45, 7) is -0.446. The van der Waals surface area contributed by atoms with E-state index in [4.69, 9.17) is 4.74 Å². The molecule has 0 aliphatic rings. The minimum Gasteiger partial charge on any atom is -0.454 e. The van der Waals surface area contributed by atoms with Crippen molar-refractivity contribution >= 4 is 33.7 Å². The number of likely N-dealkylation sites (N-methyl/N-ethyl adjacent to an activating group) is 1. The third kappa shape index (κ3) is 6.59. The van der Waals surface area contributed by atoms with E-state index in [1.54, 1.807) is 18.2 Å². The molecule has 0 saturated carbocycles. The summed E-state index contributed by atoms with van der Waals surface area (Å²) in [5, 5.41) is 2.32. The number of hydrogen-bond acceptors (Lipinski definition) is 6. The van der Waals surface area contributed by atoms with Crippen LogP contribution in [0.15, 0.2) is 35.2 Å². The van der Waals surface area contributed by atoms with Crippen molar-refractivity contribution in [1.82, 2.24) is 10.0 Å². The lowest BCUT2D eigenvalue weighted by Crippen LogP contribution is -2.43. The molecule has 128 valence electrons. The van der Waals surface area contributed by atoms with Crippen LogP contribution in [0.3, 0.4) is 0 Å². The van der Waals surface area contributed by atoms with Gasteiger partial charge in [-0.1, -0.05) is 18.2 Å². The quantitative estimate of drug-likeness (QED) is 0.617. The molecule has 1 rings (SSSR count). The molecule has 0 heterocycles. The van der Waals surface area contributed by atoms with Gasteiger partial charge in [0.05, 0.1) is 4.90 Å². The maximum absolute atomic E-state index is 12.3. The lowest BCUT2D eigenvalue weighted by molar-refractivity contribution is -0.150. The molecule has 0 fully saturated rings. The van der Waals surface area contributed by atoms with Crippen LogP contribution < -0.4 is 10.0 Å². The van der Waals surface area contributed by atoms with Crippen LogP contribution in [0, 0.1) is 0 Å². The van der Waals surface area contributed by atoms with Crippen LogP contribution in [0.1, 0.15) is 6.42 Å². The molecular formula is C14H20N2O5S2. The Labute approximate surface area is 140 Å². The predicted octanol–water partition coefficient (Wildman–Crippen LogP) is 0.376. The highest BCUT2D eigenvalue weighted by molar-refractivity contribution is 7.98. The molecule has 1 aromatic rings. The SMILES string of the molecule is CNC(=O)COC(=O)[C@@H](CCSC)NS(=O)(=O)c1ccccc1. The zero-order chi connectivity index (χ0) is 17.3. The van der Waals surface area contributed by atoms with Crippen LogP contribution >= 0.6 is 11.8 Å². The van der Waals surface area contributed by atoms with Crippen molar-refractivity contribution in [3.8, 4) is 0 Å². The number of amides is 1. The van der Waals surface area contributed by atoms with Gasteiger partial charge in [0.1, 0.15) is 6.04 Å². The summed E-state index contributed by atoms with van der Waals surface area (Å²) in [5.41, 5.74) is 0. The Morgan fingerprint density at radius 2 is 1.91 bits per heavy atom. The van der Waals surface area contributed by atoms with Crippen molar-refractivity contribution in [3.05, 3.63) is 30.3 Å². The molecule has 23 heavy (non-hydrogen) atoms. The predicted molar refractivity (Wildman–Crippen MR) is 88.6 cm³/mol. The highest BCUT2D eigenvalue weighted by atomic mass is 32.2. The largest absolute Gasteiger partial charge is 0.454 e. The van der Waals surface area contributed by atoms with Crippen molar-refractivity contribution in [1.29, 1.82) is 0 Å². The highest BCUT2D eigenvalue weighted by Gasteiger charge is 2.27. The number of esters is 1. The minimum atomic E-state index is -3.84. The Bertz CT molecular complexity index is 619. The lowest BCUT2D eigenvalue weighted by atomic mass is 10.2. The smallest absolute Gasteiger partial charge is 0.324 e. The molecule has 0 unspecified atom stereocenters. The van der Waals surface area contributed by atoms with Gasteiger partial charge in [-0.2, -0.15) is 16.5 Å². The van der Waals surface area contributed by atoms with Gasteiger partial charge in [-0.05, 0) is 30.6 Å². The van der Waals surface area contributed by atoms with Crippen LogP contribution in [0.25, 0.3) is 0 Å². The molecular weight excluding hydrogens is 340 g/mol. The van der Waals surface area contributed by atoms with Gasteiger partial charge in [-0.25, -0.2) is 8.42 Å². The van der Waals surface area contributed by atoms with E-state index in [1.807, 2.05) is 6.26 Å². The van der Waals surface area contributed by atoms with Crippen LogP contribution in [0.4, 0.5) is 0 Å². The van der Waals surface area contributed by atoms with Crippen molar-refractivity contribution in [2.24, 2.45) is 0 Å². The van der Waals surface area contributed by atoms with Gasteiger partial charge < -0.3 is 10.1 Å². The standard InChI is InChI=1S/C14H20N2O5S2/c1-15-13(17)10-21-14(18)12(8-9-22-2)16-23(19,20)11-6-4-3-5-7-11/h3-7,12,16H,8-10H2,1-2H3,(H,15,17)/t12-/m1/s1. The fourth-order valence-electron chi connectivity index (χ4n) is 1.63. The Balaban J connectivity index is 2.81. The Morgan fingerprint density at radius 3 is 2.48 bits per heavy atom. The summed E-state index contributed by atoms with van der Waals surface area (Å²) in [7, 11) is -2.42. The first-order valence-electron chi connectivity index (χ1n) is 6.84. The molecule has 1 aromatic carbocycles. The van der Waals surface area contributed by atoms with Gasteiger partial charge in [0.2, 0.25) is 10.0 Å². The molecule has 1 atom stereocenters. The van der Waals surface area contributed by atoms with Gasteiger partial charge >= 0.3 is 5.97 Å². The summed E-state index contributed by atoms with van der Waals surface area (Å²) < 4.78 is 31.8. The number of thioether (sulfide) groups is 1. The monoisotopic (exact) mass is 360 g/mol. The lowest BCUT2D eigenvalue weighted by Gasteiger charge is -2.17. The van der Waals surface area contributed by atoms with Crippen LogP contribution in [-0.4, -0.2) is 52.0 Å². The summed E-state index contributed by atoms with van der Waals surface area (Å²) in [4.78, 5) is 23.2. The van der Waals surface area contributed by atoms with Crippen LogP contribution in [0.2, 0.25) is 0 Å². The molecule has 9 heteroatoms. The number of carbonyl (C=O) groups is 2. The molecule has 2 N–H and O–H groups in total. The van der Waals surface area contributed by atoms with E-state index in [9.17, 15) is 18.0 Å². The molecule has 0 aliphatic carbocycles. The Hall–Kier alpha value is -1.58. The normalized spacial score (nSPS) is 12.4. The van der Waals surface area contributed by atoms with Crippen molar-refractivity contribution in [2.45, 2.75) is 17.4 Å². The number of ether oxygens (including phenoxy) is 1. The highest BCUT2D eigenvalue weighted by Crippen LogP contribution is 2.11. The van der Waals surface area contributed by atoms with E-state index in [0.29, 0.717) is 5.75 Å². The molecule has 0 aliphatic heterocycles. The Kier molecular flexibility index (Phi) is 8.07. The van der Waals surface area contributed by atoms with E-state index in [2.05, 4.69) is 10.0 Å². The molecule has 0 spiro atoms. The molecule has 0 saturated heterocycles. The van der Waals surface area contributed by atoms with Gasteiger partial charge in [0.15, 0.2) is 6.61 Å². The van der Waals surface area contributed by atoms with Crippen LogP contribution in [0.5, 0.6) is 0 Å². The van der Waals surface area contributed by atoms with Gasteiger partial charge in [0.25, 0.3) is 5.91 Å². The second-order valence-electron chi connectivity index (χ2n) is 4.55. The first-order valence-corrected chi connectivity index (χ1v) is 9.72. The summed E-state index contributed by atoms with van der Waals surface area (Å²) in [6.07, 6.45) is 2.11. The second-order valence-corrected chi connectivity index (χ2v) is 7.25. The molecule has 1 amide bonds. The van der Waals surface area contributed by atoms with Crippen molar-refractivity contribution < 1.29 is 22.7 Å². The number of rotatable bonds is 9. The van der Waals surface area contributed by atoms with Gasteiger partial charge in [-0.3, -0.25) is 9.59 Å². The summed E-state index contributed by atoms with van der Waals surface area (Å²) >= 11 is 1.48. The zero-order valence-electron chi connectivity index (χ0n) is 12.9. The topological polar surface area (TPSA) is 102 Å². The number of sulfonamides is 1. The summed E-state index contributed by atoms with van der Waals surface area (Å²) in [5.74, 6) is -0.674. The maximum atomic E-state index is 12.3. The first kappa shape index (κ1) is 19.5. The van der Waals surface area contributed by atoms with E-state index in [-0.39, 0.29) is 11.3 Å². The Morgan fingerprint density at radius 1 is 1.26 bits per heavy atom. The molecule has 7 nitrogen and oxygen atoms in total. The number of carbonyl (C=O) groups excluding carboxylic acids is 2. The first-order chi connectivity index (χ1) is 10.9. The molecule has 0 radical (unpaired) electrons. The fourth-order valence-corrected chi connectivity index (χ4v) is 3.34. The van der Waals surface area contributed by atoms with E-state index in [0.717, 1.165) is 0 Å². The number of benzene rings is 1. The van der Waals surface area contributed by atoms with Crippen molar-refractivity contribution in [3.63, 3.8) is 0 Å². The van der Waals surface area contributed by atoms with E-state index in [1.165, 1.54) is 30.9 Å². The van der Waals surface area contributed by atoms with Crippen LogP contribution in [-0.2, 0) is 24.3 Å².